The molecule has 1 heterocycles. The van der Waals surface area contributed by atoms with Gasteiger partial charge in [0.1, 0.15) is 0 Å². The molecule has 2 aromatic carbocycles. The van der Waals surface area contributed by atoms with Crippen molar-refractivity contribution in [2.45, 2.75) is 17.1 Å². The largest absolute Gasteiger partial charge is 0.326 e. The molecule has 1 amide bonds. The lowest BCUT2D eigenvalue weighted by molar-refractivity contribution is -0.119. The molecule has 1 saturated heterocycles. The highest BCUT2D eigenvalue weighted by molar-refractivity contribution is 7.90. The van der Waals surface area contributed by atoms with Gasteiger partial charge in [0, 0.05) is 12.2 Å². The number of anilines is 1. The third kappa shape index (κ3) is 4.81. The number of carbonyl (C=O) groups is 1. The molecule has 3 rings (SSSR count). The fraction of sp³-hybridized carbons (Fsp3) is 0.278. The highest BCUT2D eigenvalue weighted by Crippen LogP contribution is 2.23. The average Bonchev–Trinajstić information content (AvgIpc) is 3.12. The molecule has 1 unspecified atom stereocenters. The maximum absolute atomic E-state index is 12.6. The minimum Gasteiger partial charge on any atom is -0.326 e. The van der Waals surface area contributed by atoms with E-state index in [-0.39, 0.29) is 34.9 Å². The van der Waals surface area contributed by atoms with Crippen LogP contribution in [0.15, 0.2) is 59.5 Å². The van der Waals surface area contributed by atoms with E-state index in [1.807, 2.05) is 0 Å². The summed E-state index contributed by atoms with van der Waals surface area (Å²) in [6, 6.07) is 15.4. The number of para-hydroxylation sites is 1. The number of hydrogen-bond acceptors (Lipinski definition) is 4. The molecule has 0 bridgehead atoms. The summed E-state index contributed by atoms with van der Waals surface area (Å²) in [7, 11) is -3.45. The molecule has 0 spiro atoms. The Labute approximate surface area is 154 Å². The van der Waals surface area contributed by atoms with Gasteiger partial charge >= 0.3 is 0 Å². The molecule has 2 N–H and O–H groups in total. The van der Waals surface area contributed by atoms with Crippen LogP contribution in [0.3, 0.4) is 0 Å². The Morgan fingerprint density at radius 3 is 2.44 bits per heavy atom. The molecule has 1 fully saturated rings. The Morgan fingerprint density at radius 1 is 1.08 bits per heavy atom. The van der Waals surface area contributed by atoms with Crippen molar-refractivity contribution in [2.24, 2.45) is 5.92 Å². The van der Waals surface area contributed by atoms with Crippen molar-refractivity contribution in [1.29, 1.82) is 0 Å². The summed E-state index contributed by atoms with van der Waals surface area (Å²) in [5.41, 5.74) is 1.16. The minimum atomic E-state index is -3.45. The second kappa shape index (κ2) is 8.47. The van der Waals surface area contributed by atoms with Crippen LogP contribution >= 0.6 is 12.4 Å². The third-order valence-electron chi connectivity index (χ3n) is 4.15. The molecule has 1 atom stereocenters. The van der Waals surface area contributed by atoms with E-state index in [9.17, 15) is 13.2 Å². The van der Waals surface area contributed by atoms with Gasteiger partial charge in [-0.2, -0.15) is 0 Å². The zero-order chi connectivity index (χ0) is 17.0. The van der Waals surface area contributed by atoms with E-state index in [0.29, 0.717) is 17.8 Å². The van der Waals surface area contributed by atoms with Crippen LogP contribution in [0.4, 0.5) is 5.69 Å². The van der Waals surface area contributed by atoms with E-state index in [4.69, 9.17) is 0 Å². The fourth-order valence-electron chi connectivity index (χ4n) is 2.80. The standard InChI is InChI=1S/C18H20N2O3S.ClH/c21-18(14-10-11-19-12-14)20-17-9-5-4-6-15(17)13-24(22,23)16-7-2-1-3-8-16;/h1-9,14,19H,10-13H2,(H,20,21);1H. The Morgan fingerprint density at radius 2 is 1.76 bits per heavy atom. The number of carbonyl (C=O) groups excluding carboxylic acids is 1. The van der Waals surface area contributed by atoms with Crippen molar-refractivity contribution < 1.29 is 13.2 Å². The van der Waals surface area contributed by atoms with Gasteiger partial charge in [-0.3, -0.25) is 4.79 Å². The zero-order valence-corrected chi connectivity index (χ0v) is 15.3. The monoisotopic (exact) mass is 380 g/mol. The number of halogens is 1. The first-order valence-corrected chi connectivity index (χ1v) is 9.59. The van der Waals surface area contributed by atoms with Crippen LogP contribution < -0.4 is 10.6 Å². The Kier molecular flexibility index (Phi) is 6.58. The van der Waals surface area contributed by atoms with Crippen LogP contribution in [0.5, 0.6) is 0 Å². The molecular formula is C18H21ClN2O3S. The van der Waals surface area contributed by atoms with Crippen molar-refractivity contribution in [2.75, 3.05) is 18.4 Å². The quantitative estimate of drug-likeness (QED) is 0.836. The molecular weight excluding hydrogens is 360 g/mol. The molecule has 0 aromatic heterocycles. The van der Waals surface area contributed by atoms with E-state index in [1.54, 1.807) is 54.6 Å². The van der Waals surface area contributed by atoms with Gasteiger partial charge in [0.25, 0.3) is 0 Å². The van der Waals surface area contributed by atoms with Crippen molar-refractivity contribution in [3.05, 3.63) is 60.2 Å². The van der Waals surface area contributed by atoms with Crippen LogP contribution in [0.1, 0.15) is 12.0 Å². The van der Waals surface area contributed by atoms with Crippen LogP contribution in [0.2, 0.25) is 0 Å². The van der Waals surface area contributed by atoms with Gasteiger partial charge in [-0.25, -0.2) is 8.42 Å². The van der Waals surface area contributed by atoms with Gasteiger partial charge < -0.3 is 10.6 Å². The maximum Gasteiger partial charge on any atom is 0.228 e. The van der Waals surface area contributed by atoms with Crippen LogP contribution in [0, 0.1) is 5.92 Å². The first kappa shape index (κ1) is 19.4. The maximum atomic E-state index is 12.6. The summed E-state index contributed by atoms with van der Waals surface area (Å²) in [4.78, 5) is 12.6. The molecule has 7 heteroatoms. The second-order valence-electron chi connectivity index (χ2n) is 5.91. The molecule has 1 aliphatic rings. The predicted molar refractivity (Wildman–Crippen MR) is 101 cm³/mol. The van der Waals surface area contributed by atoms with Gasteiger partial charge in [-0.05, 0) is 36.7 Å². The number of rotatable bonds is 5. The Bertz CT molecular complexity index is 819. The Hall–Kier alpha value is -1.89. The zero-order valence-electron chi connectivity index (χ0n) is 13.6. The topological polar surface area (TPSA) is 75.3 Å². The third-order valence-corrected chi connectivity index (χ3v) is 5.84. The lowest BCUT2D eigenvalue weighted by atomic mass is 10.1. The number of hydrogen-bond donors (Lipinski definition) is 2. The highest BCUT2D eigenvalue weighted by atomic mass is 35.5. The lowest BCUT2D eigenvalue weighted by Gasteiger charge is -2.14. The molecule has 0 aliphatic carbocycles. The number of benzene rings is 2. The molecule has 25 heavy (non-hydrogen) atoms. The van der Waals surface area contributed by atoms with E-state index < -0.39 is 9.84 Å². The summed E-state index contributed by atoms with van der Waals surface area (Å²) in [6.07, 6.45) is 0.802. The summed E-state index contributed by atoms with van der Waals surface area (Å²) >= 11 is 0. The van der Waals surface area contributed by atoms with Crippen molar-refractivity contribution in [1.82, 2.24) is 5.32 Å². The molecule has 2 aromatic rings. The van der Waals surface area contributed by atoms with Gasteiger partial charge in [0.05, 0.1) is 16.6 Å². The summed E-state index contributed by atoms with van der Waals surface area (Å²) in [5, 5.41) is 6.04. The van der Waals surface area contributed by atoms with E-state index in [1.165, 1.54) is 0 Å². The molecule has 134 valence electrons. The first-order valence-electron chi connectivity index (χ1n) is 7.93. The molecule has 0 radical (unpaired) electrons. The van der Waals surface area contributed by atoms with Crippen LogP contribution in [0.25, 0.3) is 0 Å². The molecule has 0 saturated carbocycles. The highest BCUT2D eigenvalue weighted by Gasteiger charge is 2.24. The number of sulfone groups is 1. The Balaban J connectivity index is 0.00000225. The van der Waals surface area contributed by atoms with E-state index in [2.05, 4.69) is 10.6 Å². The van der Waals surface area contributed by atoms with Crippen molar-refractivity contribution >= 4 is 33.8 Å². The number of amides is 1. The lowest BCUT2D eigenvalue weighted by Crippen LogP contribution is -2.25. The summed E-state index contributed by atoms with van der Waals surface area (Å²) in [6.45, 7) is 1.50. The van der Waals surface area contributed by atoms with E-state index in [0.717, 1.165) is 13.0 Å². The van der Waals surface area contributed by atoms with Crippen LogP contribution in [-0.2, 0) is 20.4 Å². The number of nitrogens with one attached hydrogen (secondary N) is 2. The van der Waals surface area contributed by atoms with Crippen LogP contribution in [-0.4, -0.2) is 27.4 Å². The summed E-state index contributed by atoms with van der Waals surface area (Å²) < 4.78 is 25.1. The average molecular weight is 381 g/mol. The second-order valence-corrected chi connectivity index (χ2v) is 7.90. The fourth-order valence-corrected chi connectivity index (χ4v) is 4.20. The predicted octanol–water partition coefficient (Wildman–Crippen LogP) is 2.63. The van der Waals surface area contributed by atoms with Gasteiger partial charge in [-0.15, -0.1) is 12.4 Å². The first-order chi connectivity index (χ1) is 11.6. The summed E-state index contributed by atoms with van der Waals surface area (Å²) in [5.74, 6) is -0.274. The van der Waals surface area contributed by atoms with Gasteiger partial charge in [0.2, 0.25) is 5.91 Å². The molecule has 5 nitrogen and oxygen atoms in total. The normalized spacial score (nSPS) is 16.9. The SMILES string of the molecule is Cl.O=C(Nc1ccccc1CS(=O)(=O)c1ccccc1)C1CCNC1. The van der Waals surface area contributed by atoms with E-state index >= 15 is 0 Å². The van der Waals surface area contributed by atoms with Gasteiger partial charge in [-0.1, -0.05) is 36.4 Å². The smallest absolute Gasteiger partial charge is 0.228 e. The minimum absolute atomic E-state index is 0. The van der Waals surface area contributed by atoms with Gasteiger partial charge in [0.15, 0.2) is 9.84 Å². The van der Waals surface area contributed by atoms with Crippen molar-refractivity contribution in [3.8, 4) is 0 Å². The molecule has 1 aliphatic heterocycles. The van der Waals surface area contributed by atoms with Crippen molar-refractivity contribution in [3.63, 3.8) is 0 Å².